The molecule has 1 atom stereocenters. The molecule has 0 spiro atoms. The average molecular weight is 1160 g/mol. The molecule has 482 valence electrons. The topological polar surface area (TPSA) is 78.9 Å². The van der Waals surface area contributed by atoms with Gasteiger partial charge < -0.3 is 14.2 Å². The summed E-state index contributed by atoms with van der Waals surface area (Å²) in [5.74, 6) is -0.909. The van der Waals surface area contributed by atoms with Gasteiger partial charge in [-0.05, 0) is 70.6 Å². The normalized spacial score (nSPS) is 12.5. The highest BCUT2D eigenvalue weighted by Gasteiger charge is 2.19. The molecule has 0 aliphatic rings. The van der Waals surface area contributed by atoms with Gasteiger partial charge in [-0.1, -0.05) is 363 Å². The summed E-state index contributed by atoms with van der Waals surface area (Å²) in [6.07, 6.45) is 93.8. The molecule has 0 saturated carbocycles. The number of carbonyl (C=O) groups excluding carboxylic acids is 3. The van der Waals surface area contributed by atoms with Crippen molar-refractivity contribution >= 4 is 17.9 Å². The third kappa shape index (κ3) is 69.5. The fourth-order valence-electron chi connectivity index (χ4n) is 10.8. The molecule has 83 heavy (non-hydrogen) atoms. The molecular weight excluding hydrogens is 1020 g/mol. The maximum absolute atomic E-state index is 12.9. The summed E-state index contributed by atoms with van der Waals surface area (Å²) in [5.41, 5.74) is 0. The van der Waals surface area contributed by atoms with E-state index in [-0.39, 0.29) is 37.5 Å². The largest absolute Gasteiger partial charge is 0.462 e. The third-order valence-electron chi connectivity index (χ3n) is 16.2. The van der Waals surface area contributed by atoms with Gasteiger partial charge in [-0.3, -0.25) is 14.4 Å². The molecule has 0 rings (SSSR count). The lowest BCUT2D eigenvalue weighted by Crippen LogP contribution is -2.30. The van der Waals surface area contributed by atoms with Gasteiger partial charge in [0.15, 0.2) is 6.10 Å². The fraction of sp³-hybridized carbons (Fsp3) is 0.805. The van der Waals surface area contributed by atoms with Gasteiger partial charge in [-0.25, -0.2) is 0 Å². The lowest BCUT2D eigenvalue weighted by atomic mass is 10.0. The van der Waals surface area contributed by atoms with E-state index in [9.17, 15) is 14.4 Å². The van der Waals surface area contributed by atoms with Crippen LogP contribution in [0, 0.1) is 0 Å². The number of rotatable bonds is 67. The zero-order valence-electron chi connectivity index (χ0n) is 55.5. The summed E-state index contributed by atoms with van der Waals surface area (Å²) in [6.45, 7) is 6.55. The second kappa shape index (κ2) is 71.3. The van der Waals surface area contributed by atoms with Gasteiger partial charge >= 0.3 is 17.9 Å². The van der Waals surface area contributed by atoms with Crippen molar-refractivity contribution in [1.29, 1.82) is 0 Å². The number of hydrogen-bond donors (Lipinski definition) is 0. The van der Waals surface area contributed by atoms with Crippen LogP contribution >= 0.6 is 0 Å². The molecule has 0 aliphatic heterocycles. The van der Waals surface area contributed by atoms with Crippen LogP contribution in [0.4, 0.5) is 0 Å². The Bertz CT molecular complexity index is 1520. The van der Waals surface area contributed by atoms with Gasteiger partial charge in [-0.2, -0.15) is 0 Å². The molecule has 0 aromatic carbocycles. The molecule has 0 heterocycles. The van der Waals surface area contributed by atoms with Gasteiger partial charge in [0.25, 0.3) is 0 Å². The standard InChI is InChI=1S/C77H138O6/c1-4-7-10-13-16-19-22-25-28-30-32-34-35-36-37-38-39-40-41-42-44-45-47-49-52-55-58-61-64-67-70-76(79)82-73-74(72-81-75(78)69-66-63-60-57-54-51-27-24-21-18-15-12-9-6-3)83-77(80)71-68-65-62-59-56-53-50-48-46-43-33-31-29-26-23-20-17-14-11-8-5-2/h8,11,17,20,26,29,33,43,48,50,56,59,74H,4-7,9-10,12-16,18-19,21-25,27-28,30-32,34-42,44-47,49,51-55,57-58,60-73H2,1-3H3/b11-8-,20-17-,29-26-,43-33-,50-48-,59-56-. The van der Waals surface area contributed by atoms with E-state index < -0.39 is 6.10 Å². The minimum atomic E-state index is -0.798. The molecule has 0 amide bonds. The minimum Gasteiger partial charge on any atom is -0.462 e. The molecule has 0 aromatic rings. The summed E-state index contributed by atoms with van der Waals surface area (Å²) < 4.78 is 17.0. The summed E-state index contributed by atoms with van der Waals surface area (Å²) in [6, 6.07) is 0. The second-order valence-electron chi connectivity index (χ2n) is 24.5. The first kappa shape index (κ1) is 79.8. The van der Waals surface area contributed by atoms with Crippen molar-refractivity contribution in [3.05, 3.63) is 72.9 Å². The van der Waals surface area contributed by atoms with Gasteiger partial charge in [0.05, 0.1) is 0 Å². The zero-order chi connectivity index (χ0) is 59.9. The molecule has 0 bridgehead atoms. The highest BCUT2D eigenvalue weighted by molar-refractivity contribution is 5.71. The van der Waals surface area contributed by atoms with Crippen LogP contribution in [0.5, 0.6) is 0 Å². The van der Waals surface area contributed by atoms with Crippen LogP contribution in [-0.2, 0) is 28.6 Å². The quantitative estimate of drug-likeness (QED) is 0.0261. The van der Waals surface area contributed by atoms with Gasteiger partial charge in [-0.15, -0.1) is 0 Å². The maximum atomic E-state index is 12.9. The van der Waals surface area contributed by atoms with Crippen molar-refractivity contribution in [3.63, 3.8) is 0 Å². The summed E-state index contributed by atoms with van der Waals surface area (Å²) >= 11 is 0. The lowest BCUT2D eigenvalue weighted by Gasteiger charge is -2.18. The van der Waals surface area contributed by atoms with Crippen molar-refractivity contribution < 1.29 is 28.6 Å². The van der Waals surface area contributed by atoms with E-state index in [4.69, 9.17) is 14.2 Å². The summed E-state index contributed by atoms with van der Waals surface area (Å²) in [5, 5.41) is 0. The Morgan fingerprint density at radius 1 is 0.253 bits per heavy atom. The number of allylic oxidation sites excluding steroid dienone is 12. The average Bonchev–Trinajstić information content (AvgIpc) is 3.49. The van der Waals surface area contributed by atoms with Crippen molar-refractivity contribution in [2.75, 3.05) is 13.2 Å². The molecule has 6 nitrogen and oxygen atoms in total. The Hall–Kier alpha value is -3.15. The van der Waals surface area contributed by atoms with Crippen LogP contribution in [0.1, 0.15) is 380 Å². The van der Waals surface area contributed by atoms with Crippen LogP contribution in [-0.4, -0.2) is 37.2 Å². The van der Waals surface area contributed by atoms with Crippen LogP contribution in [0.15, 0.2) is 72.9 Å². The number of unbranched alkanes of at least 4 members (excludes halogenated alkanes) is 44. The molecule has 0 saturated heterocycles. The minimum absolute atomic E-state index is 0.0885. The highest BCUT2D eigenvalue weighted by atomic mass is 16.6. The Morgan fingerprint density at radius 2 is 0.470 bits per heavy atom. The van der Waals surface area contributed by atoms with Crippen LogP contribution in [0.3, 0.4) is 0 Å². The first-order valence-corrected chi connectivity index (χ1v) is 36.4. The smallest absolute Gasteiger partial charge is 0.306 e. The summed E-state index contributed by atoms with van der Waals surface area (Å²) in [4.78, 5) is 38.4. The molecule has 6 heteroatoms. The van der Waals surface area contributed by atoms with E-state index in [0.717, 1.165) is 89.9 Å². The number of carbonyl (C=O) groups is 3. The van der Waals surface area contributed by atoms with Crippen LogP contribution in [0.2, 0.25) is 0 Å². The third-order valence-corrected chi connectivity index (χ3v) is 16.2. The van der Waals surface area contributed by atoms with E-state index in [2.05, 4.69) is 93.7 Å². The zero-order valence-corrected chi connectivity index (χ0v) is 55.5. The Labute approximate surface area is 516 Å². The molecular formula is C77H138O6. The predicted molar refractivity (Wildman–Crippen MR) is 362 cm³/mol. The molecule has 0 N–H and O–H groups in total. The van der Waals surface area contributed by atoms with E-state index in [0.29, 0.717) is 19.3 Å². The second-order valence-corrected chi connectivity index (χ2v) is 24.5. The maximum Gasteiger partial charge on any atom is 0.306 e. The van der Waals surface area contributed by atoms with Crippen LogP contribution < -0.4 is 0 Å². The van der Waals surface area contributed by atoms with Gasteiger partial charge in [0.2, 0.25) is 0 Å². The van der Waals surface area contributed by atoms with E-state index in [1.54, 1.807) is 0 Å². The van der Waals surface area contributed by atoms with E-state index in [1.165, 1.54) is 244 Å². The summed E-state index contributed by atoms with van der Waals surface area (Å²) in [7, 11) is 0. The predicted octanol–water partition coefficient (Wildman–Crippen LogP) is 25.2. The van der Waals surface area contributed by atoms with Crippen molar-refractivity contribution in [2.45, 2.75) is 386 Å². The number of esters is 3. The Balaban J connectivity index is 4.26. The Kier molecular flexibility index (Phi) is 68.6. The SMILES string of the molecule is CC/C=C\C/C=C\C/C=C\C/C=C\C/C=C\C/C=C\CCCCC(=O)OC(COC(=O)CCCCCCCCCCCCCCCC)COC(=O)CCCCCCCCCCCCCCCCCCCCCCCCCCCCCCCC. The first-order chi connectivity index (χ1) is 41.0. The van der Waals surface area contributed by atoms with Crippen molar-refractivity contribution in [2.24, 2.45) is 0 Å². The van der Waals surface area contributed by atoms with E-state index >= 15 is 0 Å². The first-order valence-electron chi connectivity index (χ1n) is 36.4. The number of ether oxygens (including phenoxy) is 3. The van der Waals surface area contributed by atoms with Crippen molar-refractivity contribution in [3.8, 4) is 0 Å². The van der Waals surface area contributed by atoms with Gasteiger partial charge in [0, 0.05) is 19.3 Å². The number of hydrogen-bond acceptors (Lipinski definition) is 6. The van der Waals surface area contributed by atoms with Crippen LogP contribution in [0.25, 0.3) is 0 Å². The highest BCUT2D eigenvalue weighted by Crippen LogP contribution is 2.19. The lowest BCUT2D eigenvalue weighted by molar-refractivity contribution is -0.167. The molecule has 0 aromatic heterocycles. The Morgan fingerprint density at radius 3 is 0.735 bits per heavy atom. The molecule has 0 aliphatic carbocycles. The van der Waals surface area contributed by atoms with E-state index in [1.807, 2.05) is 0 Å². The fourth-order valence-corrected chi connectivity index (χ4v) is 10.8. The van der Waals surface area contributed by atoms with Gasteiger partial charge in [0.1, 0.15) is 13.2 Å². The molecule has 0 radical (unpaired) electrons. The molecule has 1 unspecified atom stereocenters. The molecule has 0 fully saturated rings. The van der Waals surface area contributed by atoms with Crippen molar-refractivity contribution in [1.82, 2.24) is 0 Å². The monoisotopic (exact) mass is 1160 g/mol.